The van der Waals surface area contributed by atoms with Crippen LogP contribution in [0, 0.1) is 0 Å². The molecule has 0 amide bonds. The molecule has 0 atom stereocenters. The monoisotopic (exact) mass is 322 g/mol. The maximum atomic E-state index is 12.4. The Labute approximate surface area is 134 Å². The topological polar surface area (TPSA) is 94.7 Å². The highest BCUT2D eigenvalue weighted by Gasteiger charge is 2.17. The van der Waals surface area contributed by atoms with Gasteiger partial charge in [-0.3, -0.25) is 4.79 Å². The van der Waals surface area contributed by atoms with E-state index in [-0.39, 0.29) is 12.4 Å². The van der Waals surface area contributed by atoms with E-state index in [1.165, 1.54) is 16.8 Å². The number of nitrogens with one attached hydrogen (secondary N) is 1. The molecule has 0 saturated carbocycles. The standard InChI is InChI=1S/C16H10N4O4/c21-14-6-11(9-1-2-12-13(5-9)24-8-23-12)19-15-10(7-18-20(14)15)16-17-3-4-22-16/h1-7,19H,8H2. The number of fused-ring (bicyclic) bond motifs is 2. The number of aromatic nitrogens is 4. The van der Waals surface area contributed by atoms with Gasteiger partial charge in [0.2, 0.25) is 12.7 Å². The fraction of sp³-hybridized carbons (Fsp3) is 0.0625. The number of hydrogen-bond donors (Lipinski definition) is 1. The summed E-state index contributed by atoms with van der Waals surface area (Å²) >= 11 is 0. The predicted molar refractivity (Wildman–Crippen MR) is 82.9 cm³/mol. The van der Waals surface area contributed by atoms with Gasteiger partial charge in [0.1, 0.15) is 11.8 Å². The van der Waals surface area contributed by atoms with Crippen LogP contribution in [0.2, 0.25) is 0 Å². The number of aromatic amines is 1. The Morgan fingerprint density at radius 1 is 1.17 bits per heavy atom. The average molecular weight is 322 g/mol. The normalized spacial score (nSPS) is 12.8. The summed E-state index contributed by atoms with van der Waals surface area (Å²) in [7, 11) is 0. The molecule has 1 aliphatic heterocycles. The van der Waals surface area contributed by atoms with Gasteiger partial charge >= 0.3 is 0 Å². The highest BCUT2D eigenvalue weighted by atomic mass is 16.7. The number of H-pyrrole nitrogens is 1. The first-order valence-electron chi connectivity index (χ1n) is 7.20. The van der Waals surface area contributed by atoms with Gasteiger partial charge in [0.25, 0.3) is 5.56 Å². The van der Waals surface area contributed by atoms with Gasteiger partial charge in [0.05, 0.1) is 18.1 Å². The predicted octanol–water partition coefficient (Wildman–Crippen LogP) is 2.07. The second kappa shape index (κ2) is 4.72. The van der Waals surface area contributed by atoms with Crippen LogP contribution in [0.5, 0.6) is 11.5 Å². The Balaban J connectivity index is 1.72. The van der Waals surface area contributed by atoms with Crippen molar-refractivity contribution in [3.63, 3.8) is 0 Å². The van der Waals surface area contributed by atoms with E-state index in [1.807, 2.05) is 18.2 Å². The molecule has 118 valence electrons. The summed E-state index contributed by atoms with van der Waals surface area (Å²) in [4.78, 5) is 19.7. The van der Waals surface area contributed by atoms with Crippen LogP contribution in [-0.2, 0) is 0 Å². The van der Waals surface area contributed by atoms with Gasteiger partial charge in [0.15, 0.2) is 17.1 Å². The summed E-state index contributed by atoms with van der Waals surface area (Å²) < 4.78 is 17.3. The summed E-state index contributed by atoms with van der Waals surface area (Å²) in [5.74, 6) is 1.73. The number of nitrogens with zero attached hydrogens (tertiary/aromatic N) is 3. The molecule has 0 radical (unpaired) electrons. The van der Waals surface area contributed by atoms with E-state index in [9.17, 15) is 4.79 Å². The lowest BCUT2D eigenvalue weighted by Crippen LogP contribution is -2.14. The fourth-order valence-corrected chi connectivity index (χ4v) is 2.72. The zero-order valence-electron chi connectivity index (χ0n) is 12.2. The third-order valence-corrected chi connectivity index (χ3v) is 3.85. The lowest BCUT2D eigenvalue weighted by atomic mass is 10.1. The van der Waals surface area contributed by atoms with Crippen molar-refractivity contribution in [1.29, 1.82) is 0 Å². The molecule has 0 bridgehead atoms. The van der Waals surface area contributed by atoms with Crippen LogP contribution in [0.15, 0.2) is 52.1 Å². The summed E-state index contributed by atoms with van der Waals surface area (Å²) in [6.07, 6.45) is 4.56. The van der Waals surface area contributed by atoms with Crippen molar-refractivity contribution in [1.82, 2.24) is 19.6 Å². The first kappa shape index (κ1) is 12.9. The van der Waals surface area contributed by atoms with Gasteiger partial charge in [-0.15, -0.1) is 0 Å². The van der Waals surface area contributed by atoms with Gasteiger partial charge in [-0.2, -0.15) is 9.61 Å². The number of oxazole rings is 1. The van der Waals surface area contributed by atoms with E-state index >= 15 is 0 Å². The molecule has 1 aromatic carbocycles. The van der Waals surface area contributed by atoms with E-state index in [2.05, 4.69) is 15.1 Å². The van der Waals surface area contributed by atoms with Crippen LogP contribution in [-0.4, -0.2) is 26.4 Å². The Morgan fingerprint density at radius 2 is 2.08 bits per heavy atom. The average Bonchev–Trinajstić information content (AvgIpc) is 3.33. The number of rotatable bonds is 2. The Kier molecular flexibility index (Phi) is 2.55. The summed E-state index contributed by atoms with van der Waals surface area (Å²) in [5.41, 5.74) is 2.31. The largest absolute Gasteiger partial charge is 0.454 e. The molecule has 3 aromatic heterocycles. The summed E-state index contributed by atoms with van der Waals surface area (Å²) in [6, 6.07) is 6.98. The molecule has 1 N–H and O–H groups in total. The van der Waals surface area contributed by atoms with Crippen LogP contribution >= 0.6 is 0 Å². The summed E-state index contributed by atoms with van der Waals surface area (Å²) in [5, 5.41) is 4.10. The highest BCUT2D eigenvalue weighted by Crippen LogP contribution is 2.35. The molecule has 0 saturated heterocycles. The van der Waals surface area contributed by atoms with Crippen molar-refractivity contribution in [2.45, 2.75) is 0 Å². The van der Waals surface area contributed by atoms with Crippen LogP contribution < -0.4 is 15.0 Å². The van der Waals surface area contributed by atoms with Gasteiger partial charge < -0.3 is 18.9 Å². The van der Waals surface area contributed by atoms with E-state index < -0.39 is 0 Å². The summed E-state index contributed by atoms with van der Waals surface area (Å²) in [6.45, 7) is 0.200. The second-order valence-electron chi connectivity index (χ2n) is 5.25. The maximum absolute atomic E-state index is 12.4. The first-order chi connectivity index (χ1) is 11.8. The molecule has 0 unspecified atom stereocenters. The third kappa shape index (κ3) is 1.83. The van der Waals surface area contributed by atoms with Crippen LogP contribution in [0.25, 0.3) is 28.4 Å². The number of hydrogen-bond acceptors (Lipinski definition) is 6. The smallest absolute Gasteiger partial charge is 0.274 e. The molecule has 0 spiro atoms. The maximum Gasteiger partial charge on any atom is 0.274 e. The minimum absolute atomic E-state index is 0.200. The van der Waals surface area contributed by atoms with Crippen LogP contribution in [0.1, 0.15) is 0 Å². The molecular formula is C16H10N4O4. The Morgan fingerprint density at radius 3 is 2.96 bits per heavy atom. The van der Waals surface area contributed by atoms with Crippen molar-refractivity contribution in [3.8, 4) is 34.2 Å². The number of ether oxygens (including phenoxy) is 2. The Hall–Kier alpha value is -3.55. The molecule has 1 aliphatic rings. The highest BCUT2D eigenvalue weighted by molar-refractivity contribution is 5.74. The number of benzene rings is 1. The van der Waals surface area contributed by atoms with E-state index in [0.29, 0.717) is 34.3 Å². The SMILES string of the molecule is O=c1cc(-c2ccc3c(c2)OCO3)[nH]c2c(-c3ncco3)cnn12. The van der Waals surface area contributed by atoms with E-state index in [4.69, 9.17) is 13.9 Å². The molecule has 5 rings (SSSR count). The van der Waals surface area contributed by atoms with Crippen molar-refractivity contribution < 1.29 is 13.9 Å². The van der Waals surface area contributed by atoms with Gasteiger partial charge in [-0.1, -0.05) is 0 Å². The molecule has 0 fully saturated rings. The van der Waals surface area contributed by atoms with Crippen molar-refractivity contribution in [2.24, 2.45) is 0 Å². The molecule has 0 aliphatic carbocycles. The molecule has 4 aromatic rings. The zero-order valence-corrected chi connectivity index (χ0v) is 12.2. The quantitative estimate of drug-likeness (QED) is 0.607. The minimum Gasteiger partial charge on any atom is -0.454 e. The first-order valence-corrected chi connectivity index (χ1v) is 7.20. The van der Waals surface area contributed by atoms with Crippen molar-refractivity contribution >= 4 is 5.65 Å². The molecule has 8 nitrogen and oxygen atoms in total. The lowest BCUT2D eigenvalue weighted by molar-refractivity contribution is 0.174. The van der Waals surface area contributed by atoms with E-state index in [1.54, 1.807) is 12.4 Å². The van der Waals surface area contributed by atoms with Gasteiger partial charge in [-0.25, -0.2) is 4.98 Å². The fourth-order valence-electron chi connectivity index (χ4n) is 2.72. The lowest BCUT2D eigenvalue weighted by Gasteiger charge is -2.05. The Bertz CT molecular complexity index is 1110. The second-order valence-corrected chi connectivity index (χ2v) is 5.25. The molecule has 24 heavy (non-hydrogen) atoms. The van der Waals surface area contributed by atoms with Crippen molar-refractivity contribution in [2.75, 3.05) is 6.79 Å². The molecule has 4 heterocycles. The minimum atomic E-state index is -0.255. The van der Waals surface area contributed by atoms with E-state index in [0.717, 1.165) is 5.56 Å². The van der Waals surface area contributed by atoms with Crippen LogP contribution in [0.3, 0.4) is 0 Å². The van der Waals surface area contributed by atoms with Gasteiger partial charge in [-0.05, 0) is 18.2 Å². The van der Waals surface area contributed by atoms with Crippen LogP contribution in [0.4, 0.5) is 0 Å². The molecule has 8 heteroatoms. The molecular weight excluding hydrogens is 312 g/mol. The van der Waals surface area contributed by atoms with Crippen molar-refractivity contribution in [3.05, 3.63) is 53.3 Å². The zero-order chi connectivity index (χ0) is 16.1. The third-order valence-electron chi connectivity index (χ3n) is 3.85. The van der Waals surface area contributed by atoms with Gasteiger partial charge in [0, 0.05) is 11.6 Å².